The van der Waals surface area contributed by atoms with Crippen LogP contribution in [0.3, 0.4) is 0 Å². The second-order valence-electron chi connectivity index (χ2n) is 4.31. The Balaban J connectivity index is 2.39. The molecule has 0 saturated carbocycles. The van der Waals surface area contributed by atoms with Crippen molar-refractivity contribution in [3.05, 3.63) is 53.1 Å². The summed E-state index contributed by atoms with van der Waals surface area (Å²) in [7, 11) is 0. The van der Waals surface area contributed by atoms with Crippen molar-refractivity contribution in [1.29, 1.82) is 0 Å². The maximum absolute atomic E-state index is 12.5. The highest BCUT2D eigenvalue weighted by Crippen LogP contribution is 2.26. The van der Waals surface area contributed by atoms with E-state index in [9.17, 15) is 9.90 Å². The van der Waals surface area contributed by atoms with Crippen LogP contribution in [0.25, 0.3) is 0 Å². The van der Waals surface area contributed by atoms with Crippen LogP contribution in [0.4, 0.5) is 11.4 Å². The molecule has 0 unspecified atom stereocenters. The normalized spacial score (nSPS) is 10.3. The van der Waals surface area contributed by atoms with Crippen molar-refractivity contribution in [2.24, 2.45) is 0 Å². The van der Waals surface area contributed by atoms with Crippen molar-refractivity contribution in [3.8, 4) is 5.75 Å². The summed E-state index contributed by atoms with van der Waals surface area (Å²) in [5, 5.41) is 10.2. The molecule has 20 heavy (non-hydrogen) atoms. The van der Waals surface area contributed by atoms with E-state index >= 15 is 0 Å². The lowest BCUT2D eigenvalue weighted by molar-refractivity contribution is 0.0986. The number of hydrogen-bond donors (Lipinski definition) is 2. The monoisotopic (exact) mass is 290 g/mol. The smallest absolute Gasteiger partial charge is 0.262 e. The van der Waals surface area contributed by atoms with Gasteiger partial charge in [0.05, 0.1) is 5.56 Å². The van der Waals surface area contributed by atoms with E-state index in [-0.39, 0.29) is 17.2 Å². The minimum Gasteiger partial charge on any atom is -0.507 e. The third kappa shape index (κ3) is 2.86. The zero-order chi connectivity index (χ0) is 14.7. The Kier molecular flexibility index (Phi) is 4.15. The Hall–Kier alpha value is -2.20. The fraction of sp³-hybridized carbons (Fsp3) is 0.133. The summed E-state index contributed by atoms with van der Waals surface area (Å²) in [4.78, 5) is 14.0. The third-order valence-corrected chi connectivity index (χ3v) is 3.17. The number of carbonyl (C=O) groups is 1. The molecule has 2 aromatic rings. The van der Waals surface area contributed by atoms with E-state index in [0.29, 0.717) is 22.9 Å². The predicted molar refractivity (Wildman–Crippen MR) is 81.3 cm³/mol. The lowest BCUT2D eigenvalue weighted by Gasteiger charge is -2.22. The molecule has 104 valence electrons. The molecule has 0 heterocycles. The Morgan fingerprint density at radius 1 is 1.30 bits per heavy atom. The first kappa shape index (κ1) is 14.2. The topological polar surface area (TPSA) is 66.6 Å². The van der Waals surface area contributed by atoms with Gasteiger partial charge in [0.15, 0.2) is 0 Å². The van der Waals surface area contributed by atoms with E-state index in [1.165, 1.54) is 12.1 Å². The first-order valence-electron chi connectivity index (χ1n) is 6.19. The zero-order valence-electron chi connectivity index (χ0n) is 11.0. The molecule has 0 aliphatic carbocycles. The van der Waals surface area contributed by atoms with Gasteiger partial charge in [0.1, 0.15) is 5.75 Å². The van der Waals surface area contributed by atoms with Crippen molar-refractivity contribution in [2.75, 3.05) is 17.2 Å². The number of rotatable bonds is 3. The van der Waals surface area contributed by atoms with Crippen LogP contribution < -0.4 is 10.6 Å². The van der Waals surface area contributed by atoms with Crippen molar-refractivity contribution < 1.29 is 9.90 Å². The summed E-state index contributed by atoms with van der Waals surface area (Å²) >= 11 is 5.77. The third-order valence-electron chi connectivity index (χ3n) is 2.93. The van der Waals surface area contributed by atoms with Gasteiger partial charge in [0, 0.05) is 22.9 Å². The van der Waals surface area contributed by atoms with E-state index < -0.39 is 0 Å². The first-order chi connectivity index (χ1) is 9.52. The fourth-order valence-electron chi connectivity index (χ4n) is 1.97. The molecule has 4 nitrogen and oxygen atoms in total. The number of phenols is 1. The quantitative estimate of drug-likeness (QED) is 0.852. The summed E-state index contributed by atoms with van der Waals surface area (Å²) in [6.07, 6.45) is 0. The van der Waals surface area contributed by atoms with Crippen molar-refractivity contribution in [1.82, 2.24) is 0 Å². The van der Waals surface area contributed by atoms with Crippen LogP contribution in [0.15, 0.2) is 42.5 Å². The standard InChI is InChI=1S/C15H15ClN2O2/c1-2-18(12-5-3-4-11(17)9-12)15(20)13-7-6-10(16)8-14(13)19/h3-9,19H,2,17H2,1H3. The molecular formula is C15H15ClN2O2. The van der Waals surface area contributed by atoms with Gasteiger partial charge in [-0.1, -0.05) is 17.7 Å². The zero-order valence-corrected chi connectivity index (χ0v) is 11.8. The Morgan fingerprint density at radius 3 is 2.65 bits per heavy atom. The largest absolute Gasteiger partial charge is 0.507 e. The highest BCUT2D eigenvalue weighted by Gasteiger charge is 2.19. The van der Waals surface area contributed by atoms with Crippen LogP contribution in [0.2, 0.25) is 5.02 Å². The number of carbonyl (C=O) groups excluding carboxylic acids is 1. The molecule has 0 radical (unpaired) electrons. The van der Waals surface area contributed by atoms with Gasteiger partial charge in [0.2, 0.25) is 0 Å². The van der Waals surface area contributed by atoms with Crippen LogP contribution in [-0.4, -0.2) is 17.6 Å². The van der Waals surface area contributed by atoms with Gasteiger partial charge in [0.25, 0.3) is 5.91 Å². The maximum atomic E-state index is 12.5. The number of benzene rings is 2. The summed E-state index contributed by atoms with van der Waals surface area (Å²) in [6.45, 7) is 2.32. The van der Waals surface area contributed by atoms with E-state index in [2.05, 4.69) is 0 Å². The number of aromatic hydroxyl groups is 1. The number of nitrogens with two attached hydrogens (primary N) is 1. The Labute approximate surface area is 122 Å². The fourth-order valence-corrected chi connectivity index (χ4v) is 2.13. The van der Waals surface area contributed by atoms with Crippen LogP contribution >= 0.6 is 11.6 Å². The van der Waals surface area contributed by atoms with Gasteiger partial charge >= 0.3 is 0 Å². The van der Waals surface area contributed by atoms with Crippen LogP contribution in [0.1, 0.15) is 17.3 Å². The molecule has 3 N–H and O–H groups in total. The molecule has 0 saturated heterocycles. The second kappa shape index (κ2) is 5.84. The molecule has 2 rings (SSSR count). The van der Waals surface area contributed by atoms with Gasteiger partial charge in [-0.3, -0.25) is 4.79 Å². The van der Waals surface area contributed by atoms with E-state index in [1.54, 1.807) is 35.2 Å². The highest BCUT2D eigenvalue weighted by molar-refractivity contribution is 6.31. The number of halogens is 1. The summed E-state index contributed by atoms with van der Waals surface area (Å²) < 4.78 is 0. The minimum absolute atomic E-state index is 0.134. The summed E-state index contributed by atoms with van der Waals surface area (Å²) in [5.74, 6) is -0.433. The van der Waals surface area contributed by atoms with E-state index in [0.717, 1.165) is 0 Å². The lowest BCUT2D eigenvalue weighted by atomic mass is 10.1. The van der Waals surface area contributed by atoms with Gasteiger partial charge in [-0.2, -0.15) is 0 Å². The average Bonchev–Trinajstić information content (AvgIpc) is 2.39. The van der Waals surface area contributed by atoms with Crippen molar-refractivity contribution in [3.63, 3.8) is 0 Å². The summed E-state index contributed by atoms with van der Waals surface area (Å²) in [6, 6.07) is 11.5. The maximum Gasteiger partial charge on any atom is 0.262 e. The molecule has 0 aliphatic rings. The molecule has 0 atom stereocenters. The molecule has 2 aromatic carbocycles. The second-order valence-corrected chi connectivity index (χ2v) is 4.74. The van der Waals surface area contributed by atoms with Crippen LogP contribution in [0.5, 0.6) is 5.75 Å². The van der Waals surface area contributed by atoms with Gasteiger partial charge < -0.3 is 15.7 Å². The van der Waals surface area contributed by atoms with E-state index in [1.807, 2.05) is 6.92 Å². The first-order valence-corrected chi connectivity index (χ1v) is 6.56. The molecule has 0 aliphatic heterocycles. The molecule has 5 heteroatoms. The molecule has 0 spiro atoms. The van der Waals surface area contributed by atoms with E-state index in [4.69, 9.17) is 17.3 Å². The predicted octanol–water partition coefficient (Wildman–Crippen LogP) is 3.29. The van der Waals surface area contributed by atoms with Gasteiger partial charge in [-0.05, 0) is 43.3 Å². The molecule has 0 fully saturated rings. The molecule has 1 amide bonds. The number of phenolic OH excluding ortho intramolecular Hbond substituents is 1. The Bertz CT molecular complexity index is 644. The van der Waals surface area contributed by atoms with Crippen LogP contribution in [0, 0.1) is 0 Å². The Morgan fingerprint density at radius 2 is 2.05 bits per heavy atom. The molecule has 0 aromatic heterocycles. The number of nitrogens with zero attached hydrogens (tertiary/aromatic N) is 1. The van der Waals surface area contributed by atoms with Gasteiger partial charge in [-0.25, -0.2) is 0 Å². The summed E-state index contributed by atoms with van der Waals surface area (Å²) in [5.41, 5.74) is 7.21. The lowest BCUT2D eigenvalue weighted by Crippen LogP contribution is -2.30. The number of anilines is 2. The van der Waals surface area contributed by atoms with Gasteiger partial charge in [-0.15, -0.1) is 0 Å². The molecule has 0 bridgehead atoms. The number of hydrogen-bond acceptors (Lipinski definition) is 3. The van der Waals surface area contributed by atoms with Crippen LogP contribution in [-0.2, 0) is 0 Å². The molecular weight excluding hydrogens is 276 g/mol. The number of amides is 1. The SMILES string of the molecule is CCN(C(=O)c1ccc(Cl)cc1O)c1cccc(N)c1. The van der Waals surface area contributed by atoms with Crippen molar-refractivity contribution >= 4 is 28.9 Å². The minimum atomic E-state index is -0.299. The van der Waals surface area contributed by atoms with Crippen molar-refractivity contribution in [2.45, 2.75) is 6.92 Å². The highest BCUT2D eigenvalue weighted by atomic mass is 35.5. The average molecular weight is 291 g/mol. The number of nitrogen functional groups attached to an aromatic ring is 1.